The van der Waals surface area contributed by atoms with E-state index in [0.29, 0.717) is 18.7 Å². The smallest absolute Gasteiger partial charge is 0.317 e. The van der Waals surface area contributed by atoms with Gasteiger partial charge in [0.25, 0.3) is 0 Å². The van der Waals surface area contributed by atoms with E-state index in [0.717, 1.165) is 12.8 Å². The second-order valence-electron chi connectivity index (χ2n) is 7.40. The quantitative estimate of drug-likeness (QED) is 0.768. The zero-order valence-corrected chi connectivity index (χ0v) is 17.8. The first-order chi connectivity index (χ1) is 14.4. The van der Waals surface area contributed by atoms with Crippen molar-refractivity contribution >= 4 is 16.1 Å². The minimum atomic E-state index is -3.63. The van der Waals surface area contributed by atoms with E-state index in [1.54, 1.807) is 4.90 Å². The summed E-state index contributed by atoms with van der Waals surface area (Å²) in [4.78, 5) is 14.4. The number of hydrogen-bond donors (Lipinski definition) is 1. The van der Waals surface area contributed by atoms with E-state index in [-0.39, 0.29) is 30.1 Å². The molecule has 8 heteroatoms. The molecule has 0 aromatic heterocycles. The molecule has 1 aliphatic rings. The molecule has 1 heterocycles. The van der Waals surface area contributed by atoms with Crippen molar-refractivity contribution in [3.63, 3.8) is 0 Å². The largest absolute Gasteiger partial charge is 0.336 e. The highest BCUT2D eigenvalue weighted by atomic mass is 32.2. The van der Waals surface area contributed by atoms with Crippen molar-refractivity contribution in [1.29, 1.82) is 5.26 Å². The number of rotatable bonds is 6. The molecule has 0 spiro atoms. The Kier molecular flexibility index (Phi) is 7.08. The number of carbonyl (C=O) groups excluding carboxylic acids is 1. The van der Waals surface area contributed by atoms with Gasteiger partial charge in [0.1, 0.15) is 0 Å². The van der Waals surface area contributed by atoms with Crippen LogP contribution in [0.4, 0.5) is 4.79 Å². The lowest BCUT2D eigenvalue weighted by Crippen LogP contribution is -2.54. The van der Waals surface area contributed by atoms with E-state index < -0.39 is 10.0 Å². The number of aryl methyl sites for hydroxylation is 1. The van der Waals surface area contributed by atoms with Gasteiger partial charge in [-0.3, -0.25) is 0 Å². The number of sulfonamides is 1. The first-order valence-corrected chi connectivity index (χ1v) is 11.4. The number of nitriles is 1. The number of nitrogens with zero attached hydrogens (tertiary/aromatic N) is 3. The summed E-state index contributed by atoms with van der Waals surface area (Å²) >= 11 is 0. The number of hydrogen-bond acceptors (Lipinski definition) is 4. The Morgan fingerprint density at radius 3 is 2.30 bits per heavy atom. The summed E-state index contributed by atoms with van der Waals surface area (Å²) in [6.45, 7) is 3.15. The summed E-state index contributed by atoms with van der Waals surface area (Å²) in [7, 11) is -3.63. The standard InChI is InChI=1S/C22H26N4O3S/c1-18(7-8-19-5-3-2-4-6-19)24-22(27)25-13-15-26(16-14-25)30(28,29)21-11-9-20(17-23)10-12-21/h2-6,9-12,18H,7-8,13-16H2,1H3,(H,24,27)/t18-/m0/s1. The van der Waals surface area contributed by atoms with Crippen LogP contribution in [0, 0.1) is 11.3 Å². The van der Waals surface area contributed by atoms with Crippen molar-refractivity contribution < 1.29 is 13.2 Å². The maximum atomic E-state index is 12.8. The van der Waals surface area contributed by atoms with E-state index in [1.165, 1.54) is 34.1 Å². The van der Waals surface area contributed by atoms with Crippen molar-refractivity contribution in [3.8, 4) is 6.07 Å². The average molecular weight is 427 g/mol. The molecule has 2 aromatic carbocycles. The van der Waals surface area contributed by atoms with Crippen LogP contribution in [0.3, 0.4) is 0 Å². The average Bonchev–Trinajstić information content (AvgIpc) is 2.78. The highest BCUT2D eigenvalue weighted by Gasteiger charge is 2.30. The van der Waals surface area contributed by atoms with Crippen molar-refractivity contribution in [3.05, 3.63) is 65.7 Å². The Morgan fingerprint density at radius 2 is 1.70 bits per heavy atom. The number of piperazine rings is 1. The molecule has 0 radical (unpaired) electrons. The molecule has 1 saturated heterocycles. The predicted molar refractivity (Wildman–Crippen MR) is 114 cm³/mol. The Morgan fingerprint density at radius 1 is 1.07 bits per heavy atom. The molecule has 0 unspecified atom stereocenters. The minimum Gasteiger partial charge on any atom is -0.336 e. The zero-order chi connectivity index (χ0) is 21.6. The molecule has 0 saturated carbocycles. The van der Waals surface area contributed by atoms with Gasteiger partial charge in [-0.15, -0.1) is 0 Å². The second kappa shape index (κ2) is 9.74. The predicted octanol–water partition coefficient (Wildman–Crippen LogP) is 2.60. The fourth-order valence-electron chi connectivity index (χ4n) is 3.38. The Hall–Kier alpha value is -2.89. The van der Waals surface area contributed by atoms with Gasteiger partial charge in [-0.05, 0) is 49.6 Å². The highest BCUT2D eigenvalue weighted by Crippen LogP contribution is 2.18. The molecule has 0 aliphatic carbocycles. The topological polar surface area (TPSA) is 93.5 Å². The molecular weight excluding hydrogens is 400 g/mol. The van der Waals surface area contributed by atoms with E-state index in [2.05, 4.69) is 17.4 Å². The first kappa shape index (κ1) is 21.8. The van der Waals surface area contributed by atoms with Crippen LogP contribution < -0.4 is 5.32 Å². The third-order valence-electron chi connectivity index (χ3n) is 5.23. The van der Waals surface area contributed by atoms with Crippen molar-refractivity contribution in [2.45, 2.75) is 30.7 Å². The molecule has 2 aromatic rings. The van der Waals surface area contributed by atoms with Gasteiger partial charge < -0.3 is 10.2 Å². The summed E-state index contributed by atoms with van der Waals surface area (Å²) < 4.78 is 27.0. The molecule has 0 bridgehead atoms. The molecule has 1 N–H and O–H groups in total. The van der Waals surface area contributed by atoms with Crippen LogP contribution in [0.1, 0.15) is 24.5 Å². The van der Waals surface area contributed by atoms with Crippen LogP contribution >= 0.6 is 0 Å². The second-order valence-corrected chi connectivity index (χ2v) is 9.34. The molecule has 7 nitrogen and oxygen atoms in total. The van der Waals surface area contributed by atoms with Crippen molar-refractivity contribution in [1.82, 2.24) is 14.5 Å². The maximum Gasteiger partial charge on any atom is 0.317 e. The first-order valence-electron chi connectivity index (χ1n) is 10.00. The number of benzene rings is 2. The maximum absolute atomic E-state index is 12.8. The van der Waals surface area contributed by atoms with E-state index in [9.17, 15) is 13.2 Å². The van der Waals surface area contributed by atoms with Gasteiger partial charge >= 0.3 is 6.03 Å². The molecule has 158 valence electrons. The Balaban J connectivity index is 1.49. The third kappa shape index (κ3) is 5.38. The lowest BCUT2D eigenvalue weighted by Gasteiger charge is -2.34. The Labute approximate surface area is 178 Å². The lowest BCUT2D eigenvalue weighted by atomic mass is 10.1. The fraction of sp³-hybridized carbons (Fsp3) is 0.364. The van der Waals surface area contributed by atoms with Crippen LogP contribution in [0.5, 0.6) is 0 Å². The summed E-state index contributed by atoms with van der Waals surface area (Å²) in [6.07, 6.45) is 1.72. The van der Waals surface area contributed by atoms with E-state index in [4.69, 9.17) is 5.26 Å². The van der Waals surface area contributed by atoms with Gasteiger partial charge in [0.05, 0.1) is 16.5 Å². The monoisotopic (exact) mass is 426 g/mol. The molecule has 1 fully saturated rings. The van der Waals surface area contributed by atoms with E-state index in [1.807, 2.05) is 31.2 Å². The fourth-order valence-corrected chi connectivity index (χ4v) is 4.81. The SMILES string of the molecule is C[C@@H](CCc1ccccc1)NC(=O)N1CCN(S(=O)(=O)c2ccc(C#N)cc2)CC1. The van der Waals surface area contributed by atoms with Crippen LogP contribution in [-0.4, -0.2) is 55.9 Å². The number of nitrogens with one attached hydrogen (secondary N) is 1. The van der Waals surface area contributed by atoms with Crippen molar-refractivity contribution in [2.24, 2.45) is 0 Å². The van der Waals surface area contributed by atoms with E-state index >= 15 is 0 Å². The van der Waals surface area contributed by atoms with Gasteiger partial charge in [0.2, 0.25) is 10.0 Å². The number of carbonyl (C=O) groups is 1. The normalized spacial score (nSPS) is 15.9. The molecule has 30 heavy (non-hydrogen) atoms. The summed E-state index contributed by atoms with van der Waals surface area (Å²) in [6, 6.07) is 17.9. The van der Waals surface area contributed by atoms with Gasteiger partial charge in [0, 0.05) is 32.2 Å². The summed E-state index contributed by atoms with van der Waals surface area (Å²) in [5.41, 5.74) is 1.65. The zero-order valence-electron chi connectivity index (χ0n) is 17.0. The molecule has 1 atom stereocenters. The van der Waals surface area contributed by atoms with Gasteiger partial charge in [-0.1, -0.05) is 30.3 Å². The summed E-state index contributed by atoms with van der Waals surface area (Å²) in [5, 5.41) is 11.9. The number of urea groups is 1. The highest BCUT2D eigenvalue weighted by molar-refractivity contribution is 7.89. The van der Waals surface area contributed by atoms with Crippen LogP contribution in [-0.2, 0) is 16.4 Å². The summed E-state index contributed by atoms with van der Waals surface area (Å²) in [5.74, 6) is 0. The van der Waals surface area contributed by atoms with Gasteiger partial charge in [-0.25, -0.2) is 13.2 Å². The lowest BCUT2D eigenvalue weighted by molar-refractivity contribution is 0.169. The molecule has 2 amide bonds. The van der Waals surface area contributed by atoms with Gasteiger partial charge in [0.15, 0.2) is 0 Å². The third-order valence-corrected chi connectivity index (χ3v) is 7.14. The minimum absolute atomic E-state index is 0.0260. The molecule has 1 aliphatic heterocycles. The van der Waals surface area contributed by atoms with Crippen LogP contribution in [0.2, 0.25) is 0 Å². The van der Waals surface area contributed by atoms with Crippen LogP contribution in [0.25, 0.3) is 0 Å². The van der Waals surface area contributed by atoms with Gasteiger partial charge in [-0.2, -0.15) is 9.57 Å². The Bertz CT molecular complexity index is 993. The molecule has 3 rings (SSSR count). The number of amides is 2. The van der Waals surface area contributed by atoms with Crippen molar-refractivity contribution in [2.75, 3.05) is 26.2 Å². The van der Waals surface area contributed by atoms with Crippen LogP contribution in [0.15, 0.2) is 59.5 Å². The molecular formula is C22H26N4O3S.